The number of ether oxygens (including phenoxy) is 1. The Hall–Kier alpha value is -2.05. The number of benzene rings is 2. The second-order valence-corrected chi connectivity index (χ2v) is 6.23. The number of carbonyl (C=O) groups is 2. The topological polar surface area (TPSA) is 67.4 Å². The number of carbonyl (C=O) groups excluding carboxylic acids is 2. The van der Waals surface area contributed by atoms with Crippen LogP contribution in [0.2, 0.25) is 5.02 Å². The molecule has 0 heterocycles. The van der Waals surface area contributed by atoms with Gasteiger partial charge >= 0.3 is 0 Å². The third-order valence-corrected chi connectivity index (χ3v) is 3.98. The van der Waals surface area contributed by atoms with Gasteiger partial charge in [-0.25, -0.2) is 0 Å². The molecule has 0 saturated carbocycles. The van der Waals surface area contributed by atoms with Crippen molar-refractivity contribution in [2.75, 3.05) is 19.0 Å². The molecule has 24 heavy (non-hydrogen) atoms. The number of methoxy groups -OCH3 is 1. The predicted molar refractivity (Wildman–Crippen MR) is 97.7 cm³/mol. The number of amides is 2. The van der Waals surface area contributed by atoms with Crippen molar-refractivity contribution >= 4 is 45.0 Å². The summed E-state index contributed by atoms with van der Waals surface area (Å²) in [6, 6.07) is 12.0. The standard InChI is InChI=1S/C17H16BrClN2O3/c1-24-13-4-2-3-11(9-13)17(23)20-8-7-16(22)21-15-6-5-12(18)10-14(15)19/h2-6,9-10H,7-8H2,1H3,(H,20,23)(H,21,22). The van der Waals surface area contributed by atoms with E-state index in [-0.39, 0.29) is 24.8 Å². The Labute approximate surface area is 153 Å². The van der Waals surface area contributed by atoms with Gasteiger partial charge in [0.05, 0.1) is 17.8 Å². The molecule has 2 amide bonds. The minimum Gasteiger partial charge on any atom is -0.497 e. The lowest BCUT2D eigenvalue weighted by Crippen LogP contribution is -2.27. The van der Waals surface area contributed by atoms with Crippen molar-refractivity contribution in [2.24, 2.45) is 0 Å². The number of hydrogen-bond acceptors (Lipinski definition) is 3. The summed E-state index contributed by atoms with van der Waals surface area (Å²) in [5.41, 5.74) is 1.01. The average molecular weight is 412 g/mol. The molecular weight excluding hydrogens is 396 g/mol. The van der Waals surface area contributed by atoms with Crippen LogP contribution in [0.4, 0.5) is 5.69 Å². The zero-order chi connectivity index (χ0) is 17.5. The summed E-state index contributed by atoms with van der Waals surface area (Å²) in [7, 11) is 1.54. The van der Waals surface area contributed by atoms with Gasteiger partial charge in [-0.1, -0.05) is 33.6 Å². The highest BCUT2D eigenvalue weighted by molar-refractivity contribution is 9.10. The van der Waals surface area contributed by atoms with Gasteiger partial charge in [-0.15, -0.1) is 0 Å². The summed E-state index contributed by atoms with van der Waals surface area (Å²) in [5, 5.41) is 5.84. The molecule has 0 saturated heterocycles. The minimum atomic E-state index is -0.261. The Morgan fingerprint density at radius 3 is 2.71 bits per heavy atom. The molecule has 2 aromatic rings. The van der Waals surface area contributed by atoms with E-state index in [4.69, 9.17) is 16.3 Å². The molecule has 2 aromatic carbocycles. The summed E-state index contributed by atoms with van der Waals surface area (Å²) < 4.78 is 5.90. The highest BCUT2D eigenvalue weighted by atomic mass is 79.9. The Morgan fingerprint density at radius 2 is 2.00 bits per heavy atom. The second-order valence-electron chi connectivity index (χ2n) is 4.91. The van der Waals surface area contributed by atoms with Crippen LogP contribution in [0.15, 0.2) is 46.9 Å². The quantitative estimate of drug-likeness (QED) is 0.758. The molecule has 0 atom stereocenters. The number of halogens is 2. The van der Waals surface area contributed by atoms with Crippen LogP contribution in [-0.4, -0.2) is 25.5 Å². The number of rotatable bonds is 6. The smallest absolute Gasteiger partial charge is 0.251 e. The lowest BCUT2D eigenvalue weighted by atomic mass is 10.2. The van der Waals surface area contributed by atoms with E-state index >= 15 is 0 Å². The molecule has 0 bridgehead atoms. The molecular formula is C17H16BrClN2O3. The van der Waals surface area contributed by atoms with Crippen molar-refractivity contribution in [3.63, 3.8) is 0 Å². The third kappa shape index (κ3) is 5.25. The lowest BCUT2D eigenvalue weighted by Gasteiger charge is -2.09. The van der Waals surface area contributed by atoms with Gasteiger partial charge < -0.3 is 15.4 Å². The Bertz CT molecular complexity index is 752. The zero-order valence-electron chi connectivity index (χ0n) is 12.9. The summed E-state index contributed by atoms with van der Waals surface area (Å²) >= 11 is 9.34. The first kappa shape index (κ1) is 18.3. The summed E-state index contributed by atoms with van der Waals surface area (Å²) in [6.45, 7) is 0.218. The molecule has 0 fully saturated rings. The lowest BCUT2D eigenvalue weighted by molar-refractivity contribution is -0.116. The maximum absolute atomic E-state index is 12.0. The van der Waals surface area contributed by atoms with E-state index in [1.807, 2.05) is 0 Å². The van der Waals surface area contributed by atoms with Crippen LogP contribution in [0, 0.1) is 0 Å². The molecule has 2 rings (SSSR count). The summed E-state index contributed by atoms with van der Waals surface area (Å²) in [4.78, 5) is 23.9. The fourth-order valence-electron chi connectivity index (χ4n) is 1.96. The molecule has 2 N–H and O–H groups in total. The van der Waals surface area contributed by atoms with Gasteiger partial charge in [-0.2, -0.15) is 0 Å². The van der Waals surface area contributed by atoms with Crippen molar-refractivity contribution in [3.8, 4) is 5.75 Å². The van der Waals surface area contributed by atoms with E-state index < -0.39 is 0 Å². The first-order chi connectivity index (χ1) is 11.5. The van der Waals surface area contributed by atoms with Gasteiger partial charge in [0.2, 0.25) is 5.91 Å². The van der Waals surface area contributed by atoms with Crippen LogP contribution in [-0.2, 0) is 4.79 Å². The van der Waals surface area contributed by atoms with Crippen molar-refractivity contribution < 1.29 is 14.3 Å². The number of hydrogen-bond donors (Lipinski definition) is 2. The minimum absolute atomic E-state index is 0.141. The van der Waals surface area contributed by atoms with Crippen molar-refractivity contribution in [1.29, 1.82) is 0 Å². The highest BCUT2D eigenvalue weighted by Gasteiger charge is 2.09. The molecule has 0 unspecified atom stereocenters. The fraction of sp³-hybridized carbons (Fsp3) is 0.176. The zero-order valence-corrected chi connectivity index (χ0v) is 15.3. The fourth-order valence-corrected chi connectivity index (χ4v) is 2.68. The van der Waals surface area contributed by atoms with Crippen LogP contribution >= 0.6 is 27.5 Å². The normalized spacial score (nSPS) is 10.1. The van der Waals surface area contributed by atoms with Crippen molar-refractivity contribution in [3.05, 3.63) is 57.5 Å². The van der Waals surface area contributed by atoms with Crippen molar-refractivity contribution in [1.82, 2.24) is 5.32 Å². The van der Waals surface area contributed by atoms with Crippen LogP contribution < -0.4 is 15.4 Å². The third-order valence-electron chi connectivity index (χ3n) is 3.17. The van der Waals surface area contributed by atoms with E-state index in [0.717, 1.165) is 4.47 Å². The molecule has 0 radical (unpaired) electrons. The molecule has 5 nitrogen and oxygen atoms in total. The molecule has 7 heteroatoms. The van der Waals surface area contributed by atoms with E-state index in [2.05, 4.69) is 26.6 Å². The van der Waals surface area contributed by atoms with Gasteiger partial charge in [-0.05, 0) is 36.4 Å². The van der Waals surface area contributed by atoms with Crippen LogP contribution in [0.1, 0.15) is 16.8 Å². The van der Waals surface area contributed by atoms with Gasteiger partial charge in [0.25, 0.3) is 5.91 Å². The Kier molecular flexibility index (Phi) is 6.63. The number of nitrogens with one attached hydrogen (secondary N) is 2. The van der Waals surface area contributed by atoms with E-state index in [0.29, 0.717) is 22.0 Å². The van der Waals surface area contributed by atoms with Crippen LogP contribution in [0.5, 0.6) is 5.75 Å². The van der Waals surface area contributed by atoms with Gasteiger partial charge in [-0.3, -0.25) is 9.59 Å². The average Bonchev–Trinajstić information content (AvgIpc) is 2.57. The van der Waals surface area contributed by atoms with E-state index in [1.54, 1.807) is 42.5 Å². The summed E-state index contributed by atoms with van der Waals surface area (Å²) in [6.07, 6.45) is 0.141. The maximum atomic E-state index is 12.0. The molecule has 0 aliphatic heterocycles. The molecule has 0 aromatic heterocycles. The molecule has 0 aliphatic carbocycles. The summed E-state index contributed by atoms with van der Waals surface area (Å²) in [5.74, 6) is 0.110. The SMILES string of the molecule is COc1cccc(C(=O)NCCC(=O)Nc2ccc(Br)cc2Cl)c1. The van der Waals surface area contributed by atoms with Crippen LogP contribution in [0.25, 0.3) is 0 Å². The maximum Gasteiger partial charge on any atom is 0.251 e. The van der Waals surface area contributed by atoms with Crippen LogP contribution in [0.3, 0.4) is 0 Å². The van der Waals surface area contributed by atoms with Gasteiger partial charge in [0.1, 0.15) is 5.75 Å². The molecule has 126 valence electrons. The first-order valence-electron chi connectivity index (χ1n) is 7.17. The Balaban J connectivity index is 1.82. The van der Waals surface area contributed by atoms with E-state index in [1.165, 1.54) is 7.11 Å². The Morgan fingerprint density at radius 1 is 1.21 bits per heavy atom. The number of anilines is 1. The molecule has 0 aliphatic rings. The molecule has 0 spiro atoms. The largest absolute Gasteiger partial charge is 0.497 e. The monoisotopic (exact) mass is 410 g/mol. The van der Waals surface area contributed by atoms with Crippen molar-refractivity contribution in [2.45, 2.75) is 6.42 Å². The van der Waals surface area contributed by atoms with E-state index in [9.17, 15) is 9.59 Å². The van der Waals surface area contributed by atoms with Gasteiger partial charge in [0, 0.05) is 23.0 Å². The highest BCUT2D eigenvalue weighted by Crippen LogP contribution is 2.25. The second kappa shape index (κ2) is 8.70. The first-order valence-corrected chi connectivity index (χ1v) is 8.34. The van der Waals surface area contributed by atoms with Gasteiger partial charge in [0.15, 0.2) is 0 Å². The predicted octanol–water partition coefficient (Wildman–Crippen LogP) is 3.87.